The van der Waals surface area contributed by atoms with Gasteiger partial charge in [0.05, 0.1) is 17.2 Å². The van der Waals surface area contributed by atoms with E-state index in [1.54, 1.807) is 12.4 Å². The molecule has 0 spiro atoms. The summed E-state index contributed by atoms with van der Waals surface area (Å²) in [5, 5.41) is 4.13. The van der Waals surface area contributed by atoms with Crippen molar-refractivity contribution in [3.8, 4) is 5.75 Å². The minimum absolute atomic E-state index is 0.0289. The monoisotopic (exact) mass is 304 g/mol. The van der Waals surface area contributed by atoms with Crippen molar-refractivity contribution in [2.75, 3.05) is 6.54 Å². The van der Waals surface area contributed by atoms with Crippen molar-refractivity contribution in [2.24, 2.45) is 0 Å². The second-order valence-corrected chi connectivity index (χ2v) is 5.53. The van der Waals surface area contributed by atoms with E-state index in [0.717, 1.165) is 23.4 Å². The highest BCUT2D eigenvalue weighted by molar-refractivity contribution is 6.31. The molecule has 1 aromatic carbocycles. The van der Waals surface area contributed by atoms with Crippen LogP contribution in [0, 0.1) is 0 Å². The molecule has 112 valence electrons. The lowest BCUT2D eigenvalue weighted by molar-refractivity contribution is 0.242. The van der Waals surface area contributed by atoms with Crippen LogP contribution in [-0.2, 0) is 0 Å². The fraction of sp³-hybridized carbons (Fsp3) is 0.353. The van der Waals surface area contributed by atoms with Crippen LogP contribution >= 0.6 is 11.6 Å². The standard InChI is InChI=1S/C17H21ClN2O/c1-4-20-17(15-8-9-19-11-16(15)18)13-6-5-7-14(10-13)21-12(2)3/h5-12,17,20H,4H2,1-3H3. The van der Waals surface area contributed by atoms with Crippen LogP contribution in [0.4, 0.5) is 0 Å². The van der Waals surface area contributed by atoms with Crippen molar-refractivity contribution in [2.45, 2.75) is 32.9 Å². The summed E-state index contributed by atoms with van der Waals surface area (Å²) >= 11 is 6.29. The van der Waals surface area contributed by atoms with Gasteiger partial charge in [0.1, 0.15) is 5.75 Å². The van der Waals surface area contributed by atoms with Crippen LogP contribution < -0.4 is 10.1 Å². The highest BCUT2D eigenvalue weighted by atomic mass is 35.5. The topological polar surface area (TPSA) is 34.1 Å². The third kappa shape index (κ3) is 4.19. The van der Waals surface area contributed by atoms with Crippen molar-refractivity contribution in [3.05, 3.63) is 58.9 Å². The molecule has 0 fully saturated rings. The van der Waals surface area contributed by atoms with Gasteiger partial charge in [0.2, 0.25) is 0 Å². The van der Waals surface area contributed by atoms with Crippen LogP contribution in [0.3, 0.4) is 0 Å². The second-order valence-electron chi connectivity index (χ2n) is 5.13. The summed E-state index contributed by atoms with van der Waals surface area (Å²) in [5.41, 5.74) is 2.15. The minimum Gasteiger partial charge on any atom is -0.491 e. The van der Waals surface area contributed by atoms with E-state index >= 15 is 0 Å². The maximum atomic E-state index is 6.29. The van der Waals surface area contributed by atoms with Gasteiger partial charge in [0.15, 0.2) is 0 Å². The molecule has 0 radical (unpaired) electrons. The molecule has 21 heavy (non-hydrogen) atoms. The third-order valence-electron chi connectivity index (χ3n) is 3.09. The number of aromatic nitrogens is 1. The summed E-state index contributed by atoms with van der Waals surface area (Å²) in [4.78, 5) is 4.05. The van der Waals surface area contributed by atoms with Crippen molar-refractivity contribution in [1.29, 1.82) is 0 Å². The molecule has 0 saturated carbocycles. The van der Waals surface area contributed by atoms with Crippen LogP contribution in [-0.4, -0.2) is 17.6 Å². The summed E-state index contributed by atoms with van der Waals surface area (Å²) in [5.74, 6) is 0.871. The average molecular weight is 305 g/mol. The molecule has 0 aliphatic heterocycles. The van der Waals surface area contributed by atoms with E-state index in [2.05, 4.69) is 29.4 Å². The van der Waals surface area contributed by atoms with Gasteiger partial charge in [-0.2, -0.15) is 0 Å². The average Bonchev–Trinajstić information content (AvgIpc) is 2.45. The van der Waals surface area contributed by atoms with E-state index in [9.17, 15) is 0 Å². The van der Waals surface area contributed by atoms with E-state index in [1.807, 2.05) is 32.0 Å². The number of nitrogens with zero attached hydrogens (tertiary/aromatic N) is 1. The Balaban J connectivity index is 2.36. The lowest BCUT2D eigenvalue weighted by Crippen LogP contribution is -2.22. The smallest absolute Gasteiger partial charge is 0.120 e. The first kappa shape index (κ1) is 15.8. The van der Waals surface area contributed by atoms with Gasteiger partial charge in [-0.05, 0) is 49.7 Å². The number of hydrogen-bond acceptors (Lipinski definition) is 3. The molecule has 1 unspecified atom stereocenters. The molecule has 1 aromatic heterocycles. The Kier molecular flexibility index (Phi) is 5.59. The molecule has 0 amide bonds. The largest absolute Gasteiger partial charge is 0.491 e. The van der Waals surface area contributed by atoms with Crippen LogP contribution in [0.5, 0.6) is 5.75 Å². The highest BCUT2D eigenvalue weighted by Gasteiger charge is 2.16. The first-order chi connectivity index (χ1) is 10.1. The Morgan fingerprint density at radius 1 is 1.29 bits per heavy atom. The SMILES string of the molecule is CCNC(c1cccc(OC(C)C)c1)c1ccncc1Cl. The second kappa shape index (κ2) is 7.43. The van der Waals surface area contributed by atoms with Gasteiger partial charge in [0.25, 0.3) is 0 Å². The molecule has 0 saturated heterocycles. The molecule has 4 heteroatoms. The molecule has 3 nitrogen and oxygen atoms in total. The first-order valence-electron chi connectivity index (χ1n) is 7.21. The molecule has 1 atom stereocenters. The molecule has 2 rings (SSSR count). The zero-order valence-electron chi connectivity index (χ0n) is 12.6. The van der Waals surface area contributed by atoms with Crippen LogP contribution in [0.1, 0.15) is 37.9 Å². The minimum atomic E-state index is 0.0289. The van der Waals surface area contributed by atoms with Gasteiger partial charge in [-0.1, -0.05) is 30.7 Å². The van der Waals surface area contributed by atoms with Gasteiger partial charge in [0, 0.05) is 12.4 Å². The summed E-state index contributed by atoms with van der Waals surface area (Å²) < 4.78 is 5.78. The quantitative estimate of drug-likeness (QED) is 0.867. The summed E-state index contributed by atoms with van der Waals surface area (Å²) in [7, 11) is 0. The van der Waals surface area contributed by atoms with Gasteiger partial charge in [-0.3, -0.25) is 4.98 Å². The summed E-state index contributed by atoms with van der Waals surface area (Å²) in [6.07, 6.45) is 3.60. The van der Waals surface area contributed by atoms with Crippen molar-refractivity contribution >= 4 is 11.6 Å². The van der Waals surface area contributed by atoms with Crippen LogP contribution in [0.25, 0.3) is 0 Å². The number of hydrogen-bond donors (Lipinski definition) is 1. The fourth-order valence-corrected chi connectivity index (χ4v) is 2.50. The predicted molar refractivity (Wildman–Crippen MR) is 87.0 cm³/mol. The maximum Gasteiger partial charge on any atom is 0.120 e. The Bertz CT molecular complexity index is 587. The molecule has 0 bridgehead atoms. The summed E-state index contributed by atoms with van der Waals surface area (Å²) in [6, 6.07) is 10.1. The fourth-order valence-electron chi connectivity index (χ4n) is 2.27. The van der Waals surface area contributed by atoms with Crippen LogP contribution in [0.15, 0.2) is 42.7 Å². The van der Waals surface area contributed by atoms with E-state index < -0.39 is 0 Å². The van der Waals surface area contributed by atoms with E-state index in [4.69, 9.17) is 16.3 Å². The van der Waals surface area contributed by atoms with Crippen molar-refractivity contribution < 1.29 is 4.74 Å². The number of benzene rings is 1. The number of rotatable bonds is 6. The van der Waals surface area contributed by atoms with E-state index in [0.29, 0.717) is 5.02 Å². The first-order valence-corrected chi connectivity index (χ1v) is 7.59. The van der Waals surface area contributed by atoms with Crippen LogP contribution in [0.2, 0.25) is 5.02 Å². The Morgan fingerprint density at radius 3 is 2.76 bits per heavy atom. The van der Waals surface area contributed by atoms with Crippen molar-refractivity contribution in [1.82, 2.24) is 10.3 Å². The summed E-state index contributed by atoms with van der Waals surface area (Å²) in [6.45, 7) is 6.97. The van der Waals surface area contributed by atoms with Gasteiger partial charge in [-0.25, -0.2) is 0 Å². The molecule has 2 aromatic rings. The molecular weight excluding hydrogens is 284 g/mol. The Hall–Kier alpha value is -1.58. The highest BCUT2D eigenvalue weighted by Crippen LogP contribution is 2.29. The lowest BCUT2D eigenvalue weighted by Gasteiger charge is -2.21. The predicted octanol–water partition coefficient (Wildman–Crippen LogP) is 4.22. The van der Waals surface area contributed by atoms with E-state index in [-0.39, 0.29) is 12.1 Å². The van der Waals surface area contributed by atoms with Gasteiger partial charge in [-0.15, -0.1) is 0 Å². The number of pyridine rings is 1. The van der Waals surface area contributed by atoms with Crippen molar-refractivity contribution in [3.63, 3.8) is 0 Å². The Labute approximate surface area is 131 Å². The zero-order chi connectivity index (χ0) is 15.2. The Morgan fingerprint density at radius 2 is 2.10 bits per heavy atom. The number of nitrogens with one attached hydrogen (secondary N) is 1. The van der Waals surface area contributed by atoms with E-state index in [1.165, 1.54) is 0 Å². The maximum absolute atomic E-state index is 6.29. The zero-order valence-corrected chi connectivity index (χ0v) is 13.4. The lowest BCUT2D eigenvalue weighted by atomic mass is 9.99. The molecule has 1 heterocycles. The van der Waals surface area contributed by atoms with Gasteiger partial charge >= 0.3 is 0 Å². The molecule has 1 N–H and O–H groups in total. The number of ether oxygens (including phenoxy) is 1. The molecule has 0 aliphatic carbocycles. The third-order valence-corrected chi connectivity index (χ3v) is 3.40. The molecular formula is C17H21ClN2O. The van der Waals surface area contributed by atoms with Gasteiger partial charge < -0.3 is 10.1 Å². The number of halogens is 1. The molecule has 0 aliphatic rings. The normalized spacial score (nSPS) is 12.4.